The molecule has 1 nitrogen and oxygen atoms in total. The largest absolute Gasteiger partial charge is 0.304 e. The molecule has 1 N–H and O–H groups in total. The maximum absolute atomic E-state index is 8.80. The first-order valence-corrected chi connectivity index (χ1v) is 8.95. The molecule has 0 radical (unpaired) electrons. The summed E-state index contributed by atoms with van der Waals surface area (Å²) in [5.41, 5.74) is 6.74. The van der Waals surface area contributed by atoms with Gasteiger partial charge in [-0.05, 0) is 58.9 Å². The van der Waals surface area contributed by atoms with Gasteiger partial charge in [-0.1, -0.05) is 73.7 Å². The Morgan fingerprint density at radius 2 is 1.64 bits per heavy atom. The van der Waals surface area contributed by atoms with Crippen LogP contribution in [0, 0.1) is 12.3 Å². The number of hydrogen-bond acceptors (Lipinski definition) is 1. The highest BCUT2D eigenvalue weighted by Crippen LogP contribution is 2.31. The molecule has 0 atom stereocenters. The third-order valence-corrected chi connectivity index (χ3v) is 4.91. The molecule has 0 aliphatic heterocycles. The van der Waals surface area contributed by atoms with E-state index in [-0.39, 0.29) is 0 Å². The minimum absolute atomic E-state index is 0.665. The van der Waals surface area contributed by atoms with E-state index in [0.29, 0.717) is 12.1 Å². The van der Waals surface area contributed by atoms with Crippen LogP contribution in [0.4, 0.5) is 0 Å². The minimum Gasteiger partial charge on any atom is -0.304 e. The molecule has 0 spiro atoms. The maximum atomic E-state index is 8.80. The van der Waals surface area contributed by atoms with Crippen molar-refractivity contribution in [3.63, 3.8) is 0 Å². The molecule has 0 heterocycles. The summed E-state index contributed by atoms with van der Waals surface area (Å²) in [7, 11) is 0. The highest BCUT2D eigenvalue weighted by molar-refractivity contribution is 6.26. The van der Waals surface area contributed by atoms with Crippen molar-refractivity contribution in [2.75, 3.05) is 0 Å². The van der Waals surface area contributed by atoms with Crippen molar-refractivity contribution in [3.8, 4) is 0 Å². The van der Waals surface area contributed by atoms with Crippen LogP contribution in [0.3, 0.4) is 0 Å². The summed E-state index contributed by atoms with van der Waals surface area (Å²) < 4.78 is 0. The fourth-order valence-corrected chi connectivity index (χ4v) is 3.49. The average Bonchev–Trinajstić information content (AvgIpc) is 2.64. The highest BCUT2D eigenvalue weighted by atomic mass is 14.4. The van der Waals surface area contributed by atoms with E-state index in [1.165, 1.54) is 33.0 Å². The fraction of sp³-hybridized carbons (Fsp3) is 0.208. The van der Waals surface area contributed by atoms with Crippen molar-refractivity contribution >= 4 is 22.1 Å². The second kappa shape index (κ2) is 7.48. The van der Waals surface area contributed by atoms with Crippen LogP contribution in [0.5, 0.6) is 0 Å². The molecule has 25 heavy (non-hydrogen) atoms. The van der Waals surface area contributed by atoms with Gasteiger partial charge in [0.05, 0.1) is 0 Å². The van der Waals surface area contributed by atoms with Crippen LogP contribution in [0.15, 0.2) is 66.7 Å². The second-order valence-corrected chi connectivity index (χ2v) is 6.46. The molecule has 0 unspecified atom stereocenters. The van der Waals surface area contributed by atoms with Gasteiger partial charge in [-0.2, -0.15) is 0 Å². The predicted octanol–water partition coefficient (Wildman–Crippen LogP) is 6.38. The van der Waals surface area contributed by atoms with Crippen LogP contribution in [-0.2, 0) is 12.8 Å². The van der Waals surface area contributed by atoms with E-state index < -0.39 is 0 Å². The van der Waals surface area contributed by atoms with E-state index >= 15 is 0 Å². The van der Waals surface area contributed by atoms with Gasteiger partial charge in [0.25, 0.3) is 0 Å². The normalized spacial score (nSPS) is 11.7. The van der Waals surface area contributed by atoms with Gasteiger partial charge >= 0.3 is 0 Å². The smallest absolute Gasteiger partial charge is 0.0433 e. The molecule has 0 fully saturated rings. The third-order valence-electron chi connectivity index (χ3n) is 4.91. The molecule has 126 valence electrons. The second-order valence-electron chi connectivity index (χ2n) is 6.46. The molecule has 0 aliphatic rings. The van der Waals surface area contributed by atoms with Crippen molar-refractivity contribution < 1.29 is 0 Å². The van der Waals surface area contributed by atoms with E-state index in [1.807, 2.05) is 6.92 Å². The molecule has 0 aromatic heterocycles. The zero-order chi connectivity index (χ0) is 17.8. The molecule has 0 amide bonds. The molecular weight excluding hydrogens is 302 g/mol. The van der Waals surface area contributed by atoms with Gasteiger partial charge in [0.1, 0.15) is 0 Å². The molecule has 3 aromatic carbocycles. The number of aryl methyl sites for hydroxylation is 2. The quantitative estimate of drug-likeness (QED) is 0.526. The number of hydrogen-bond donors (Lipinski definition) is 1. The molecule has 3 rings (SSSR count). The number of fused-ring (bicyclic) bond motifs is 1. The van der Waals surface area contributed by atoms with Gasteiger partial charge in [0.2, 0.25) is 0 Å². The van der Waals surface area contributed by atoms with Gasteiger partial charge in [0, 0.05) is 12.1 Å². The number of nitrogens with one attached hydrogen (secondary N) is 1. The molecular formula is C24H25N. The number of benzene rings is 3. The van der Waals surface area contributed by atoms with Crippen LogP contribution in [0.25, 0.3) is 16.3 Å². The Balaban J connectivity index is 2.08. The van der Waals surface area contributed by atoms with Gasteiger partial charge in [-0.3, -0.25) is 0 Å². The lowest BCUT2D eigenvalue weighted by molar-refractivity contribution is 1.14. The molecule has 0 aliphatic carbocycles. The lowest BCUT2D eigenvalue weighted by Crippen LogP contribution is -2.08. The van der Waals surface area contributed by atoms with Gasteiger partial charge in [-0.25, -0.2) is 0 Å². The van der Waals surface area contributed by atoms with Crippen LogP contribution < -0.4 is 0 Å². The fourth-order valence-electron chi connectivity index (χ4n) is 3.49. The Morgan fingerprint density at radius 1 is 0.920 bits per heavy atom. The van der Waals surface area contributed by atoms with Crippen molar-refractivity contribution in [1.29, 1.82) is 5.41 Å². The molecule has 0 saturated carbocycles. The molecule has 0 saturated heterocycles. The van der Waals surface area contributed by atoms with Gasteiger partial charge in [-0.15, -0.1) is 0 Å². The molecule has 0 bridgehead atoms. The Morgan fingerprint density at radius 3 is 2.36 bits per heavy atom. The first kappa shape index (κ1) is 17.2. The van der Waals surface area contributed by atoms with E-state index in [1.54, 1.807) is 0 Å². The van der Waals surface area contributed by atoms with Gasteiger partial charge in [0.15, 0.2) is 0 Å². The van der Waals surface area contributed by atoms with Crippen molar-refractivity contribution in [2.24, 2.45) is 0 Å². The number of rotatable bonds is 5. The zero-order valence-electron chi connectivity index (χ0n) is 15.3. The SMILES string of the molecule is C/C=C(/C(=N)Cc1ccccc1C)c1c(CC)ccc2ccccc12. The van der Waals surface area contributed by atoms with Crippen LogP contribution in [-0.4, -0.2) is 5.71 Å². The summed E-state index contributed by atoms with van der Waals surface area (Å²) in [6.45, 7) is 6.35. The van der Waals surface area contributed by atoms with E-state index in [4.69, 9.17) is 5.41 Å². The van der Waals surface area contributed by atoms with Crippen LogP contribution >= 0.6 is 0 Å². The Kier molecular flexibility index (Phi) is 5.14. The van der Waals surface area contributed by atoms with Crippen LogP contribution in [0.1, 0.15) is 36.1 Å². The standard InChI is InChI=1S/C24H25N/c1-4-18-14-15-19-11-8-9-13-22(19)24(18)21(5-2)23(25)16-20-12-7-6-10-17(20)3/h5-15,25H,4,16H2,1-3H3/b21-5-,25-23?. The van der Waals surface area contributed by atoms with Gasteiger partial charge < -0.3 is 5.41 Å². The molecule has 1 heteroatoms. The maximum Gasteiger partial charge on any atom is 0.0433 e. The first-order valence-electron chi connectivity index (χ1n) is 8.95. The topological polar surface area (TPSA) is 23.9 Å². The van der Waals surface area contributed by atoms with Crippen molar-refractivity contribution in [1.82, 2.24) is 0 Å². The summed E-state index contributed by atoms with van der Waals surface area (Å²) in [6.07, 6.45) is 3.73. The summed E-state index contributed by atoms with van der Waals surface area (Å²) in [6, 6.07) is 21.2. The Labute approximate surface area is 150 Å². The highest BCUT2D eigenvalue weighted by Gasteiger charge is 2.15. The lowest BCUT2D eigenvalue weighted by atomic mass is 9.87. The first-order chi connectivity index (χ1) is 12.2. The average molecular weight is 327 g/mol. The Hall–Kier alpha value is -2.67. The van der Waals surface area contributed by atoms with E-state index in [0.717, 1.165) is 12.0 Å². The summed E-state index contributed by atoms with van der Waals surface area (Å²) in [5, 5.41) is 11.3. The summed E-state index contributed by atoms with van der Waals surface area (Å²) >= 11 is 0. The predicted molar refractivity (Wildman–Crippen MR) is 110 cm³/mol. The van der Waals surface area contributed by atoms with E-state index in [2.05, 4.69) is 80.6 Å². The lowest BCUT2D eigenvalue weighted by Gasteiger charge is -2.17. The minimum atomic E-state index is 0.665. The van der Waals surface area contributed by atoms with Crippen molar-refractivity contribution in [3.05, 3.63) is 89.0 Å². The summed E-state index contributed by atoms with van der Waals surface area (Å²) in [5.74, 6) is 0. The molecule has 3 aromatic rings. The van der Waals surface area contributed by atoms with Crippen molar-refractivity contribution in [2.45, 2.75) is 33.6 Å². The monoisotopic (exact) mass is 327 g/mol. The number of allylic oxidation sites excluding steroid dienone is 2. The Bertz CT molecular complexity index is 947. The van der Waals surface area contributed by atoms with Crippen LogP contribution in [0.2, 0.25) is 0 Å². The third kappa shape index (κ3) is 3.41. The zero-order valence-corrected chi connectivity index (χ0v) is 15.3. The summed E-state index contributed by atoms with van der Waals surface area (Å²) in [4.78, 5) is 0. The van der Waals surface area contributed by atoms with E-state index in [9.17, 15) is 0 Å².